The first-order chi connectivity index (χ1) is 7.86. The minimum absolute atomic E-state index is 0.0482. The zero-order valence-electron chi connectivity index (χ0n) is 9.13. The third-order valence-electron chi connectivity index (χ3n) is 2.54. The van der Waals surface area contributed by atoms with Gasteiger partial charge in [0, 0.05) is 30.9 Å². The summed E-state index contributed by atoms with van der Waals surface area (Å²) in [5.41, 5.74) is 0.729. The lowest BCUT2D eigenvalue weighted by Gasteiger charge is -2.24. The smallest absolute Gasteiger partial charge is 0.187 e. The van der Waals surface area contributed by atoms with E-state index >= 15 is 0 Å². The summed E-state index contributed by atoms with van der Waals surface area (Å²) in [7, 11) is 0. The third kappa shape index (κ3) is 2.94. The molecule has 0 atom stereocenters. The highest BCUT2D eigenvalue weighted by atomic mass is 16.5. The lowest BCUT2D eigenvalue weighted by molar-refractivity contribution is 0.0591. The topological polar surface area (TPSA) is 29.5 Å². The average Bonchev–Trinajstić information content (AvgIpc) is 2.38. The SMILES string of the molecule is O=C(/C=C/N1CCOCC1)c1ccccc1. The highest BCUT2D eigenvalue weighted by molar-refractivity contribution is 6.04. The molecule has 1 saturated heterocycles. The van der Waals surface area contributed by atoms with E-state index in [-0.39, 0.29) is 5.78 Å². The summed E-state index contributed by atoms with van der Waals surface area (Å²) < 4.78 is 5.23. The summed E-state index contributed by atoms with van der Waals surface area (Å²) >= 11 is 0. The van der Waals surface area contributed by atoms with Gasteiger partial charge in [-0.25, -0.2) is 0 Å². The molecule has 0 aromatic heterocycles. The van der Waals surface area contributed by atoms with Crippen LogP contribution in [-0.2, 0) is 4.74 Å². The second-order valence-electron chi connectivity index (χ2n) is 3.69. The maximum absolute atomic E-state index is 11.7. The second-order valence-corrected chi connectivity index (χ2v) is 3.69. The molecule has 0 aliphatic carbocycles. The molecule has 0 amide bonds. The fraction of sp³-hybridized carbons (Fsp3) is 0.308. The van der Waals surface area contributed by atoms with Crippen molar-refractivity contribution in [3.05, 3.63) is 48.2 Å². The maximum Gasteiger partial charge on any atom is 0.187 e. The molecule has 0 N–H and O–H groups in total. The van der Waals surface area contributed by atoms with Gasteiger partial charge < -0.3 is 9.64 Å². The van der Waals surface area contributed by atoms with Gasteiger partial charge in [0.25, 0.3) is 0 Å². The number of carbonyl (C=O) groups excluding carboxylic acids is 1. The van der Waals surface area contributed by atoms with Crippen molar-refractivity contribution in [3.63, 3.8) is 0 Å². The summed E-state index contributed by atoms with van der Waals surface area (Å²) in [5, 5.41) is 0. The number of ketones is 1. The van der Waals surface area contributed by atoms with Crippen molar-refractivity contribution in [2.75, 3.05) is 26.3 Å². The van der Waals surface area contributed by atoms with Crippen LogP contribution in [0.25, 0.3) is 0 Å². The molecule has 1 fully saturated rings. The first-order valence-corrected chi connectivity index (χ1v) is 5.45. The number of ether oxygens (including phenoxy) is 1. The van der Waals surface area contributed by atoms with Gasteiger partial charge in [0.1, 0.15) is 0 Å². The molecule has 1 aliphatic rings. The van der Waals surface area contributed by atoms with Crippen LogP contribution < -0.4 is 0 Å². The molecule has 0 bridgehead atoms. The molecular formula is C13H15NO2. The Bertz CT molecular complexity index is 367. The Kier molecular flexibility index (Phi) is 3.72. The highest BCUT2D eigenvalue weighted by Gasteiger charge is 2.06. The van der Waals surface area contributed by atoms with Crippen LogP contribution in [0.1, 0.15) is 10.4 Å². The van der Waals surface area contributed by atoms with E-state index in [4.69, 9.17) is 4.74 Å². The largest absolute Gasteiger partial charge is 0.378 e. The molecule has 16 heavy (non-hydrogen) atoms. The summed E-state index contributed by atoms with van der Waals surface area (Å²) in [4.78, 5) is 13.8. The lowest BCUT2D eigenvalue weighted by atomic mass is 10.1. The van der Waals surface area contributed by atoms with Gasteiger partial charge >= 0.3 is 0 Å². The van der Waals surface area contributed by atoms with Gasteiger partial charge in [0.05, 0.1) is 13.2 Å². The molecule has 3 nitrogen and oxygen atoms in total. The molecule has 1 aromatic carbocycles. The van der Waals surface area contributed by atoms with Crippen LogP contribution in [0.3, 0.4) is 0 Å². The van der Waals surface area contributed by atoms with Crippen molar-refractivity contribution in [1.82, 2.24) is 4.90 Å². The van der Waals surface area contributed by atoms with Gasteiger partial charge in [-0.3, -0.25) is 4.79 Å². The maximum atomic E-state index is 11.7. The Morgan fingerprint density at radius 3 is 2.56 bits per heavy atom. The fourth-order valence-corrected chi connectivity index (χ4v) is 1.60. The van der Waals surface area contributed by atoms with Crippen LogP contribution in [0.4, 0.5) is 0 Å². The third-order valence-corrected chi connectivity index (χ3v) is 2.54. The first-order valence-electron chi connectivity index (χ1n) is 5.45. The summed E-state index contributed by atoms with van der Waals surface area (Å²) in [5.74, 6) is 0.0482. The quantitative estimate of drug-likeness (QED) is 0.570. The number of carbonyl (C=O) groups is 1. The van der Waals surface area contributed by atoms with Gasteiger partial charge in [-0.05, 0) is 0 Å². The van der Waals surface area contributed by atoms with E-state index in [1.54, 1.807) is 6.08 Å². The van der Waals surface area contributed by atoms with Crippen LogP contribution in [0.5, 0.6) is 0 Å². The van der Waals surface area contributed by atoms with Crippen molar-refractivity contribution >= 4 is 5.78 Å². The van der Waals surface area contributed by atoms with E-state index in [1.807, 2.05) is 36.5 Å². The number of hydrogen-bond acceptors (Lipinski definition) is 3. The second kappa shape index (κ2) is 5.47. The summed E-state index contributed by atoms with van der Waals surface area (Å²) in [6, 6.07) is 9.30. The van der Waals surface area contributed by atoms with Crippen molar-refractivity contribution < 1.29 is 9.53 Å². The normalized spacial score (nSPS) is 16.6. The molecule has 1 aromatic rings. The Labute approximate surface area is 95.3 Å². The molecule has 0 spiro atoms. The average molecular weight is 217 g/mol. The minimum Gasteiger partial charge on any atom is -0.378 e. The van der Waals surface area contributed by atoms with Crippen LogP contribution in [-0.4, -0.2) is 37.0 Å². The number of morpholine rings is 1. The predicted octanol–water partition coefficient (Wildman–Crippen LogP) is 1.72. The van der Waals surface area contributed by atoms with E-state index in [2.05, 4.69) is 4.90 Å². The molecule has 0 radical (unpaired) electrons. The number of nitrogens with zero attached hydrogens (tertiary/aromatic N) is 1. The van der Waals surface area contributed by atoms with E-state index in [0.717, 1.165) is 31.9 Å². The number of hydrogen-bond donors (Lipinski definition) is 0. The van der Waals surface area contributed by atoms with Crippen molar-refractivity contribution in [2.24, 2.45) is 0 Å². The Morgan fingerprint density at radius 1 is 1.19 bits per heavy atom. The molecule has 0 saturated carbocycles. The van der Waals surface area contributed by atoms with Crippen LogP contribution in [0, 0.1) is 0 Å². The van der Waals surface area contributed by atoms with Crippen LogP contribution in [0.15, 0.2) is 42.6 Å². The molecule has 3 heteroatoms. The van der Waals surface area contributed by atoms with E-state index < -0.39 is 0 Å². The first kappa shape index (κ1) is 10.9. The molecular weight excluding hydrogens is 202 g/mol. The lowest BCUT2D eigenvalue weighted by Crippen LogP contribution is -2.32. The summed E-state index contributed by atoms with van der Waals surface area (Å²) in [6.45, 7) is 3.20. The zero-order chi connectivity index (χ0) is 11.2. The molecule has 84 valence electrons. The molecule has 1 heterocycles. The van der Waals surface area contributed by atoms with E-state index in [1.165, 1.54) is 0 Å². The van der Waals surface area contributed by atoms with Gasteiger partial charge in [-0.2, -0.15) is 0 Å². The van der Waals surface area contributed by atoms with Crippen molar-refractivity contribution in [1.29, 1.82) is 0 Å². The summed E-state index contributed by atoms with van der Waals surface area (Å²) in [6.07, 6.45) is 3.48. The molecule has 0 unspecified atom stereocenters. The Balaban J connectivity index is 1.94. The standard InChI is InChI=1S/C13H15NO2/c15-13(12-4-2-1-3-5-12)6-7-14-8-10-16-11-9-14/h1-7H,8-11H2/b7-6+. The van der Waals surface area contributed by atoms with E-state index in [9.17, 15) is 4.79 Å². The Morgan fingerprint density at radius 2 is 1.88 bits per heavy atom. The van der Waals surface area contributed by atoms with Crippen molar-refractivity contribution in [3.8, 4) is 0 Å². The van der Waals surface area contributed by atoms with E-state index in [0.29, 0.717) is 0 Å². The van der Waals surface area contributed by atoms with Gasteiger partial charge in [0.2, 0.25) is 0 Å². The minimum atomic E-state index is 0.0482. The molecule has 2 rings (SSSR count). The number of allylic oxidation sites excluding steroid dienone is 1. The van der Waals surface area contributed by atoms with Crippen LogP contribution in [0.2, 0.25) is 0 Å². The zero-order valence-corrected chi connectivity index (χ0v) is 9.13. The van der Waals surface area contributed by atoms with Gasteiger partial charge in [0.15, 0.2) is 5.78 Å². The Hall–Kier alpha value is -1.61. The fourth-order valence-electron chi connectivity index (χ4n) is 1.60. The molecule has 1 aliphatic heterocycles. The number of rotatable bonds is 3. The highest BCUT2D eigenvalue weighted by Crippen LogP contribution is 2.03. The van der Waals surface area contributed by atoms with Gasteiger partial charge in [-0.1, -0.05) is 30.3 Å². The van der Waals surface area contributed by atoms with Crippen molar-refractivity contribution in [2.45, 2.75) is 0 Å². The predicted molar refractivity (Wildman–Crippen MR) is 62.3 cm³/mol. The monoisotopic (exact) mass is 217 g/mol. The van der Waals surface area contributed by atoms with Gasteiger partial charge in [-0.15, -0.1) is 0 Å². The number of benzene rings is 1. The van der Waals surface area contributed by atoms with Crippen LogP contribution >= 0.6 is 0 Å².